The van der Waals surface area contributed by atoms with Gasteiger partial charge in [-0.05, 0) is 24.5 Å². The molecule has 0 aliphatic carbocycles. The lowest BCUT2D eigenvalue weighted by molar-refractivity contribution is -0.115. The lowest BCUT2D eigenvalue weighted by Gasteiger charge is -2.07. The molecule has 0 saturated carbocycles. The van der Waals surface area contributed by atoms with Crippen LogP contribution in [0.15, 0.2) is 18.2 Å². The molecule has 1 aliphatic rings. The number of unbranched alkanes of at least 4 members (excludes halogenated alkanes) is 1. The first-order valence-electron chi connectivity index (χ1n) is 5.41. The van der Waals surface area contributed by atoms with E-state index in [9.17, 15) is 4.79 Å². The van der Waals surface area contributed by atoms with E-state index in [2.05, 4.69) is 21.2 Å². The highest BCUT2D eigenvalue weighted by atomic mass is 79.9. The number of carbonyl (C=O) groups is 1. The van der Waals surface area contributed by atoms with E-state index in [1.165, 1.54) is 0 Å². The number of carbonyl (C=O) groups excluding carboxylic acids is 1. The van der Waals surface area contributed by atoms with Gasteiger partial charge in [0.25, 0.3) is 0 Å². The quantitative estimate of drug-likeness (QED) is 0.667. The fourth-order valence-corrected chi connectivity index (χ4v) is 2.07. The second kappa shape index (κ2) is 5.34. The predicted octanol–water partition coefficient (Wildman–Crippen LogP) is 2.74. The number of fused-ring (bicyclic) bond motifs is 1. The minimum absolute atomic E-state index is 0.0615. The summed E-state index contributed by atoms with van der Waals surface area (Å²) in [5.74, 6) is 0.891. The summed E-state index contributed by atoms with van der Waals surface area (Å²) < 4.78 is 5.60. The van der Waals surface area contributed by atoms with Crippen LogP contribution in [0.3, 0.4) is 0 Å². The molecular formula is C12H14BrNO2. The SMILES string of the molecule is O=C1Cc2ccc(OCCCCBr)cc2N1. The molecule has 86 valence electrons. The van der Waals surface area contributed by atoms with Gasteiger partial charge in [0.15, 0.2) is 0 Å². The Morgan fingerprint density at radius 1 is 1.38 bits per heavy atom. The molecule has 3 nitrogen and oxygen atoms in total. The van der Waals surface area contributed by atoms with Gasteiger partial charge in [-0.25, -0.2) is 0 Å². The lowest BCUT2D eigenvalue weighted by Crippen LogP contribution is -2.03. The van der Waals surface area contributed by atoms with E-state index in [1.54, 1.807) is 0 Å². The summed E-state index contributed by atoms with van der Waals surface area (Å²) in [4.78, 5) is 11.2. The van der Waals surface area contributed by atoms with Crippen LogP contribution in [-0.2, 0) is 11.2 Å². The van der Waals surface area contributed by atoms with Crippen molar-refractivity contribution in [2.24, 2.45) is 0 Å². The normalized spacial score (nSPS) is 13.4. The Morgan fingerprint density at radius 3 is 3.06 bits per heavy atom. The number of hydrogen-bond donors (Lipinski definition) is 1. The maximum Gasteiger partial charge on any atom is 0.228 e. The van der Waals surface area contributed by atoms with Gasteiger partial charge in [-0.2, -0.15) is 0 Å². The van der Waals surface area contributed by atoms with Crippen LogP contribution in [0.2, 0.25) is 0 Å². The Bertz CT molecular complexity index is 393. The average molecular weight is 284 g/mol. The Morgan fingerprint density at radius 2 is 2.25 bits per heavy atom. The molecule has 1 amide bonds. The molecule has 1 aliphatic heterocycles. The number of nitrogens with one attached hydrogen (secondary N) is 1. The van der Waals surface area contributed by atoms with Gasteiger partial charge in [0.2, 0.25) is 5.91 Å². The van der Waals surface area contributed by atoms with Crippen molar-refractivity contribution in [3.8, 4) is 5.75 Å². The number of halogens is 1. The fourth-order valence-electron chi connectivity index (χ4n) is 1.67. The van der Waals surface area contributed by atoms with Crippen LogP contribution in [-0.4, -0.2) is 17.8 Å². The first-order valence-corrected chi connectivity index (χ1v) is 6.53. The number of amides is 1. The van der Waals surface area contributed by atoms with Crippen molar-refractivity contribution < 1.29 is 9.53 Å². The Kier molecular flexibility index (Phi) is 3.83. The van der Waals surface area contributed by atoms with Gasteiger partial charge >= 0.3 is 0 Å². The molecule has 1 aromatic carbocycles. The highest BCUT2D eigenvalue weighted by Gasteiger charge is 2.17. The number of anilines is 1. The second-order valence-electron chi connectivity index (χ2n) is 3.79. The molecule has 0 radical (unpaired) electrons. The highest BCUT2D eigenvalue weighted by molar-refractivity contribution is 9.09. The van der Waals surface area contributed by atoms with Gasteiger partial charge in [0.05, 0.1) is 13.0 Å². The zero-order valence-electron chi connectivity index (χ0n) is 8.96. The van der Waals surface area contributed by atoms with Crippen molar-refractivity contribution in [3.63, 3.8) is 0 Å². The first-order chi connectivity index (χ1) is 7.79. The zero-order valence-corrected chi connectivity index (χ0v) is 10.5. The van der Waals surface area contributed by atoms with Crippen molar-refractivity contribution in [2.45, 2.75) is 19.3 Å². The van der Waals surface area contributed by atoms with Crippen LogP contribution in [0.25, 0.3) is 0 Å². The monoisotopic (exact) mass is 283 g/mol. The third-order valence-electron chi connectivity index (χ3n) is 2.50. The van der Waals surface area contributed by atoms with Crippen LogP contribution < -0.4 is 10.1 Å². The molecule has 0 fully saturated rings. The van der Waals surface area contributed by atoms with Crippen molar-refractivity contribution >= 4 is 27.5 Å². The second-order valence-corrected chi connectivity index (χ2v) is 4.58. The molecule has 0 spiro atoms. The van der Waals surface area contributed by atoms with E-state index in [4.69, 9.17) is 4.74 Å². The van der Waals surface area contributed by atoms with Crippen LogP contribution in [0.1, 0.15) is 18.4 Å². The minimum Gasteiger partial charge on any atom is -0.494 e. The molecule has 1 heterocycles. The largest absolute Gasteiger partial charge is 0.494 e. The van der Waals surface area contributed by atoms with E-state index >= 15 is 0 Å². The van der Waals surface area contributed by atoms with E-state index in [0.29, 0.717) is 6.42 Å². The van der Waals surface area contributed by atoms with Gasteiger partial charge in [0.1, 0.15) is 5.75 Å². The molecule has 16 heavy (non-hydrogen) atoms. The number of benzene rings is 1. The van der Waals surface area contributed by atoms with Crippen molar-refractivity contribution in [2.75, 3.05) is 17.3 Å². The molecule has 2 rings (SSSR count). The van der Waals surface area contributed by atoms with E-state index in [1.807, 2.05) is 18.2 Å². The Hall–Kier alpha value is -1.03. The molecule has 4 heteroatoms. The number of rotatable bonds is 5. The molecule has 0 unspecified atom stereocenters. The summed E-state index contributed by atoms with van der Waals surface area (Å²) in [6.07, 6.45) is 2.63. The summed E-state index contributed by atoms with van der Waals surface area (Å²) in [7, 11) is 0. The molecule has 0 aromatic heterocycles. The summed E-state index contributed by atoms with van der Waals surface area (Å²) in [5, 5.41) is 3.82. The average Bonchev–Trinajstić information content (AvgIpc) is 2.64. The molecule has 0 saturated heterocycles. The molecule has 0 atom stereocenters. The molecule has 1 N–H and O–H groups in total. The maximum atomic E-state index is 11.2. The Labute approximate surface area is 103 Å². The first kappa shape index (κ1) is 11.5. The van der Waals surface area contributed by atoms with Gasteiger partial charge in [-0.1, -0.05) is 22.0 Å². The fraction of sp³-hybridized carbons (Fsp3) is 0.417. The summed E-state index contributed by atoms with van der Waals surface area (Å²) in [6.45, 7) is 0.721. The number of ether oxygens (including phenoxy) is 1. The van der Waals surface area contributed by atoms with Crippen molar-refractivity contribution in [1.82, 2.24) is 0 Å². The minimum atomic E-state index is 0.0615. The standard InChI is InChI=1S/C12H14BrNO2/c13-5-1-2-6-16-10-4-3-9-7-12(15)14-11(9)8-10/h3-4,8H,1-2,5-7H2,(H,14,15). The molecule has 0 bridgehead atoms. The summed E-state index contributed by atoms with van der Waals surface area (Å²) in [6, 6.07) is 5.77. The Balaban J connectivity index is 1.92. The third kappa shape index (κ3) is 2.76. The van der Waals surface area contributed by atoms with Crippen LogP contribution in [0.4, 0.5) is 5.69 Å². The van der Waals surface area contributed by atoms with Crippen LogP contribution in [0.5, 0.6) is 5.75 Å². The predicted molar refractivity (Wildman–Crippen MR) is 67.3 cm³/mol. The molecular weight excluding hydrogens is 270 g/mol. The van der Waals surface area contributed by atoms with E-state index < -0.39 is 0 Å². The highest BCUT2D eigenvalue weighted by Crippen LogP contribution is 2.27. The lowest BCUT2D eigenvalue weighted by atomic mass is 10.1. The molecule has 1 aromatic rings. The van der Waals surface area contributed by atoms with E-state index in [0.717, 1.165) is 41.8 Å². The maximum absolute atomic E-state index is 11.2. The van der Waals surface area contributed by atoms with Gasteiger partial charge < -0.3 is 10.1 Å². The van der Waals surface area contributed by atoms with Gasteiger partial charge in [-0.3, -0.25) is 4.79 Å². The number of hydrogen-bond acceptors (Lipinski definition) is 2. The van der Waals surface area contributed by atoms with Crippen molar-refractivity contribution in [1.29, 1.82) is 0 Å². The summed E-state index contributed by atoms with van der Waals surface area (Å²) in [5.41, 5.74) is 1.95. The van der Waals surface area contributed by atoms with E-state index in [-0.39, 0.29) is 5.91 Å². The van der Waals surface area contributed by atoms with Crippen LogP contribution >= 0.6 is 15.9 Å². The van der Waals surface area contributed by atoms with Gasteiger partial charge in [-0.15, -0.1) is 0 Å². The topological polar surface area (TPSA) is 38.3 Å². The third-order valence-corrected chi connectivity index (χ3v) is 3.06. The van der Waals surface area contributed by atoms with Crippen LogP contribution in [0, 0.1) is 0 Å². The smallest absolute Gasteiger partial charge is 0.228 e. The van der Waals surface area contributed by atoms with Crippen molar-refractivity contribution in [3.05, 3.63) is 23.8 Å². The zero-order chi connectivity index (χ0) is 11.4. The number of alkyl halides is 1. The van der Waals surface area contributed by atoms with Gasteiger partial charge in [0, 0.05) is 17.1 Å². The summed E-state index contributed by atoms with van der Waals surface area (Å²) >= 11 is 3.38.